The maximum Gasteiger partial charge on any atom is 0.326 e. The lowest BCUT2D eigenvalue weighted by Crippen LogP contribution is -2.55. The third-order valence-electron chi connectivity index (χ3n) is 11.4. The van der Waals surface area contributed by atoms with Crippen molar-refractivity contribution in [3.63, 3.8) is 0 Å². The van der Waals surface area contributed by atoms with Crippen molar-refractivity contribution in [2.45, 2.75) is 154 Å². The zero-order chi connectivity index (χ0) is 45.8. The van der Waals surface area contributed by atoms with Crippen LogP contribution >= 0.6 is 0 Å². The summed E-state index contributed by atoms with van der Waals surface area (Å²) in [7, 11) is 0. The van der Waals surface area contributed by atoms with Crippen molar-refractivity contribution < 1.29 is 33.9 Å². The highest BCUT2D eigenvalue weighted by molar-refractivity contribution is 5.92. The van der Waals surface area contributed by atoms with E-state index in [4.69, 9.17) is 11.0 Å². The normalized spacial score (nSPS) is 13.3. The van der Waals surface area contributed by atoms with E-state index < -0.39 is 47.9 Å². The topological polar surface area (TPSA) is 221 Å². The van der Waals surface area contributed by atoms with Gasteiger partial charge in [-0.25, -0.2) is 4.79 Å². The minimum atomic E-state index is -1.17. The Bertz CT molecular complexity index is 1900. The van der Waals surface area contributed by atoms with Gasteiger partial charge < -0.3 is 32.1 Å². The Morgan fingerprint density at radius 1 is 0.556 bits per heavy atom. The van der Waals surface area contributed by atoms with Gasteiger partial charge in [0.15, 0.2) is 0 Å². The van der Waals surface area contributed by atoms with Crippen LogP contribution in [0.4, 0.5) is 0 Å². The van der Waals surface area contributed by atoms with Crippen LogP contribution < -0.4 is 27.0 Å². The SMILES string of the molecule is CCC(C)[C@H](NC(=O)CCCCCCCCCCCCCCC(=O)N[C@@H](Cc1ccc(C#N)cc1)C(=O)N[C@@H](Cc1ccccc1)C(=O)O)C(=O)N[C@@H](Cc1ccccc1)C(N)=O. The zero-order valence-electron chi connectivity index (χ0n) is 37.1. The molecule has 13 nitrogen and oxygen atoms in total. The smallest absolute Gasteiger partial charge is 0.326 e. The number of carbonyl (C=O) groups is 6. The fraction of sp³-hybridized carbons (Fsp3) is 0.500. The third-order valence-corrected chi connectivity index (χ3v) is 11.4. The molecule has 63 heavy (non-hydrogen) atoms. The van der Waals surface area contributed by atoms with Gasteiger partial charge in [-0.05, 0) is 47.6 Å². The number of nitriles is 1. The van der Waals surface area contributed by atoms with Gasteiger partial charge >= 0.3 is 5.97 Å². The van der Waals surface area contributed by atoms with Crippen LogP contribution in [-0.4, -0.2) is 64.8 Å². The summed E-state index contributed by atoms with van der Waals surface area (Å²) in [4.78, 5) is 76.6. The van der Waals surface area contributed by atoms with Crippen LogP contribution in [0.3, 0.4) is 0 Å². The number of rotatable bonds is 31. The number of nitrogens with one attached hydrogen (secondary N) is 4. The molecule has 13 heteroatoms. The molecule has 0 heterocycles. The largest absolute Gasteiger partial charge is 0.480 e. The van der Waals surface area contributed by atoms with Gasteiger partial charge in [0.2, 0.25) is 29.5 Å². The van der Waals surface area contributed by atoms with Crippen LogP contribution in [0.1, 0.15) is 132 Å². The first kappa shape index (κ1) is 51.3. The van der Waals surface area contributed by atoms with Gasteiger partial charge in [0.25, 0.3) is 0 Å². The molecule has 0 bridgehead atoms. The molecule has 0 saturated carbocycles. The molecule has 1 unspecified atom stereocenters. The second-order valence-corrected chi connectivity index (χ2v) is 16.5. The zero-order valence-corrected chi connectivity index (χ0v) is 37.1. The molecule has 3 aromatic carbocycles. The summed E-state index contributed by atoms with van der Waals surface area (Å²) in [5.41, 5.74) is 8.45. The molecular formula is C50H68N6O7. The predicted molar refractivity (Wildman–Crippen MR) is 244 cm³/mol. The van der Waals surface area contributed by atoms with E-state index in [9.17, 15) is 33.9 Å². The number of carboxylic acid groups (broad SMARTS) is 1. The lowest BCUT2D eigenvalue weighted by atomic mass is 9.97. The number of carboxylic acids is 1. The highest BCUT2D eigenvalue weighted by Crippen LogP contribution is 2.15. The highest BCUT2D eigenvalue weighted by atomic mass is 16.4. The fourth-order valence-corrected chi connectivity index (χ4v) is 7.37. The van der Waals surface area contributed by atoms with Gasteiger partial charge in [0.05, 0.1) is 11.6 Å². The summed E-state index contributed by atoms with van der Waals surface area (Å²) in [5.74, 6) is -3.34. The van der Waals surface area contributed by atoms with E-state index in [1.54, 1.807) is 48.5 Å². The number of hydrogen-bond acceptors (Lipinski definition) is 7. The monoisotopic (exact) mass is 865 g/mol. The fourth-order valence-electron chi connectivity index (χ4n) is 7.37. The van der Waals surface area contributed by atoms with Crippen molar-refractivity contribution in [1.29, 1.82) is 5.26 Å². The Morgan fingerprint density at radius 3 is 1.41 bits per heavy atom. The van der Waals surface area contributed by atoms with Crippen LogP contribution in [0.2, 0.25) is 0 Å². The maximum absolute atomic E-state index is 13.4. The van der Waals surface area contributed by atoms with Gasteiger partial charge in [-0.1, -0.05) is 157 Å². The standard InChI is InChI=1S/C50H68N6O7/c1-3-36(2)46(49(61)54-41(47(52)59)32-37-22-16-14-17-23-37)56-45(58)27-21-13-11-9-7-5-4-6-8-10-12-20-26-44(57)53-42(33-39-28-30-40(35-51)31-29-39)48(60)55-43(50(62)63)34-38-24-18-15-19-25-38/h14-19,22-25,28-31,36,41-43,46H,3-13,20-21,26-27,32-34H2,1-2H3,(H2,52,59)(H,53,57)(H,54,61)(H,55,60)(H,56,58)(H,62,63)/t36?,41-,42-,43-,46-/m0/s1. The van der Waals surface area contributed by atoms with E-state index >= 15 is 0 Å². The van der Waals surface area contributed by atoms with Crippen molar-refractivity contribution in [2.75, 3.05) is 0 Å². The number of aliphatic carboxylic acids is 1. The first-order chi connectivity index (χ1) is 30.4. The maximum atomic E-state index is 13.4. The van der Waals surface area contributed by atoms with Gasteiger partial charge in [-0.15, -0.1) is 0 Å². The summed E-state index contributed by atoms with van der Waals surface area (Å²) in [6.45, 7) is 3.86. The molecule has 0 radical (unpaired) electrons. The van der Waals surface area contributed by atoms with Crippen molar-refractivity contribution in [3.05, 3.63) is 107 Å². The van der Waals surface area contributed by atoms with Crippen molar-refractivity contribution in [3.8, 4) is 6.07 Å². The number of benzene rings is 3. The number of unbranched alkanes of at least 4 members (excludes halogenated alkanes) is 11. The first-order valence-corrected chi connectivity index (χ1v) is 22.7. The van der Waals surface area contributed by atoms with Gasteiger partial charge in [-0.2, -0.15) is 5.26 Å². The summed E-state index contributed by atoms with van der Waals surface area (Å²) < 4.78 is 0. The van der Waals surface area contributed by atoms with Gasteiger partial charge in [-0.3, -0.25) is 24.0 Å². The second kappa shape index (κ2) is 29.3. The lowest BCUT2D eigenvalue weighted by molar-refractivity contribution is -0.142. The molecule has 3 rings (SSSR count). The third kappa shape index (κ3) is 20.6. The van der Waals surface area contributed by atoms with Crippen molar-refractivity contribution in [2.24, 2.45) is 11.7 Å². The summed E-state index contributed by atoms with van der Waals surface area (Å²) in [5, 5.41) is 30.1. The van der Waals surface area contributed by atoms with Gasteiger partial charge in [0.1, 0.15) is 24.2 Å². The number of primary amides is 1. The Kier molecular flexibility index (Phi) is 23.9. The van der Waals surface area contributed by atoms with Crippen molar-refractivity contribution >= 4 is 35.5 Å². The van der Waals surface area contributed by atoms with Crippen LogP contribution in [0.15, 0.2) is 84.9 Å². The molecular weight excluding hydrogens is 797 g/mol. The van der Waals surface area contributed by atoms with E-state index in [0.717, 1.165) is 87.3 Å². The quantitative estimate of drug-likeness (QED) is 0.0386. The summed E-state index contributed by atoms with van der Waals surface area (Å²) in [6.07, 6.45) is 13.8. The average molecular weight is 865 g/mol. The van der Waals surface area contributed by atoms with Crippen LogP contribution in [-0.2, 0) is 48.0 Å². The summed E-state index contributed by atoms with van der Waals surface area (Å²) in [6, 6.07) is 23.4. The van der Waals surface area contributed by atoms with E-state index in [1.165, 1.54) is 0 Å². The lowest BCUT2D eigenvalue weighted by Gasteiger charge is -2.26. The Balaban J connectivity index is 1.28. The van der Waals surface area contributed by atoms with Crippen molar-refractivity contribution in [1.82, 2.24) is 21.3 Å². The Hall–Kier alpha value is -6.03. The molecule has 0 fully saturated rings. The molecule has 5 atom stereocenters. The molecule has 0 saturated heterocycles. The van der Waals surface area contributed by atoms with E-state index in [-0.39, 0.29) is 43.4 Å². The summed E-state index contributed by atoms with van der Waals surface area (Å²) >= 11 is 0. The highest BCUT2D eigenvalue weighted by Gasteiger charge is 2.30. The van der Waals surface area contributed by atoms with Crippen LogP contribution in [0, 0.1) is 17.2 Å². The second-order valence-electron chi connectivity index (χ2n) is 16.5. The number of hydrogen-bond donors (Lipinski definition) is 6. The van der Waals surface area contributed by atoms with Crippen LogP contribution in [0.25, 0.3) is 0 Å². The average Bonchev–Trinajstić information content (AvgIpc) is 3.28. The molecule has 0 aliphatic heterocycles. The predicted octanol–water partition coefficient (Wildman–Crippen LogP) is 6.60. The number of amides is 5. The molecule has 0 aromatic heterocycles. The molecule has 3 aromatic rings. The van der Waals surface area contributed by atoms with E-state index in [1.807, 2.05) is 50.2 Å². The first-order valence-electron chi connectivity index (χ1n) is 22.7. The minimum absolute atomic E-state index is 0.103. The Morgan fingerprint density at radius 2 is 0.968 bits per heavy atom. The van der Waals surface area contributed by atoms with E-state index in [2.05, 4.69) is 27.3 Å². The molecule has 5 amide bonds. The molecule has 0 aliphatic carbocycles. The number of carbonyl (C=O) groups excluding carboxylic acids is 5. The molecule has 0 spiro atoms. The molecule has 7 N–H and O–H groups in total. The Labute approximate surface area is 373 Å². The molecule has 0 aliphatic rings. The van der Waals surface area contributed by atoms with Crippen LogP contribution in [0.5, 0.6) is 0 Å². The molecule has 340 valence electrons. The van der Waals surface area contributed by atoms with E-state index in [0.29, 0.717) is 24.8 Å². The minimum Gasteiger partial charge on any atom is -0.480 e. The number of nitrogens with zero attached hydrogens (tertiary/aromatic N) is 1. The number of nitrogens with two attached hydrogens (primary N) is 1. The van der Waals surface area contributed by atoms with Gasteiger partial charge in [0, 0.05) is 32.1 Å².